The second-order valence-electron chi connectivity index (χ2n) is 5.81. The molecule has 0 saturated carbocycles. The molecule has 0 unspecified atom stereocenters. The molecule has 0 saturated heterocycles. The molecule has 1 N–H and O–H groups in total. The Morgan fingerprint density at radius 3 is 2.84 bits per heavy atom. The Kier molecular flexibility index (Phi) is 4.56. The number of Topliss-reactive ketones (excluding diaryl/α,β-unsaturated/α-hetero) is 1. The smallest absolute Gasteiger partial charge is 0.171 e. The summed E-state index contributed by atoms with van der Waals surface area (Å²) in [6, 6.07) is 4.86. The van der Waals surface area contributed by atoms with E-state index >= 15 is 0 Å². The number of ether oxygens (including phenoxy) is 1. The van der Waals surface area contributed by atoms with Crippen molar-refractivity contribution in [3.8, 4) is 11.5 Å². The lowest BCUT2D eigenvalue weighted by molar-refractivity contribution is 0.0990. The molecule has 0 bridgehead atoms. The van der Waals surface area contributed by atoms with E-state index in [0.717, 1.165) is 22.6 Å². The number of nitrogens with zero attached hydrogens (tertiary/aromatic N) is 3. The number of hydrogen-bond donors (Lipinski definition) is 1. The topological polar surface area (TPSA) is 90.4 Å². The number of benzene rings is 1. The zero-order chi connectivity index (χ0) is 18.0. The Morgan fingerprint density at radius 2 is 2.16 bits per heavy atom. The van der Waals surface area contributed by atoms with Crippen LogP contribution in [0.2, 0.25) is 0 Å². The number of carbonyl (C=O) groups is 1. The van der Waals surface area contributed by atoms with Crippen molar-refractivity contribution in [2.75, 3.05) is 7.11 Å². The van der Waals surface area contributed by atoms with Crippen LogP contribution < -0.4 is 4.74 Å². The van der Waals surface area contributed by atoms with E-state index in [1.165, 1.54) is 7.11 Å². The maximum absolute atomic E-state index is 12.5. The highest BCUT2D eigenvalue weighted by molar-refractivity contribution is 6.00. The molecular weight excluding hydrogens is 322 g/mol. The molecule has 25 heavy (non-hydrogen) atoms. The van der Waals surface area contributed by atoms with Crippen LogP contribution in [0.3, 0.4) is 0 Å². The number of phenolic OH excluding ortho intramolecular Hbond substituents is 1. The fraction of sp³-hybridized carbons (Fsp3) is 0.278. The second kappa shape index (κ2) is 6.80. The monoisotopic (exact) mass is 341 g/mol. The van der Waals surface area contributed by atoms with Crippen molar-refractivity contribution in [3.05, 3.63) is 58.7 Å². The number of aromatic nitrogens is 3. The molecule has 1 aromatic carbocycles. The third-order valence-electron chi connectivity index (χ3n) is 4.07. The van der Waals surface area contributed by atoms with Gasteiger partial charge in [-0.2, -0.15) is 5.10 Å². The number of para-hydroxylation sites is 1. The molecule has 3 rings (SSSR count). The summed E-state index contributed by atoms with van der Waals surface area (Å²) < 4.78 is 11.9. The zero-order valence-corrected chi connectivity index (χ0v) is 14.3. The van der Waals surface area contributed by atoms with Gasteiger partial charge in [-0.1, -0.05) is 11.2 Å². The lowest BCUT2D eigenvalue weighted by atomic mass is 10.0. The molecular formula is C18H19N3O4. The summed E-state index contributed by atoms with van der Waals surface area (Å²) in [6.45, 7) is 4.26. The van der Waals surface area contributed by atoms with Gasteiger partial charge in [0.1, 0.15) is 5.76 Å². The van der Waals surface area contributed by atoms with E-state index in [-0.39, 0.29) is 29.3 Å². The summed E-state index contributed by atoms with van der Waals surface area (Å²) in [5.41, 5.74) is 2.80. The summed E-state index contributed by atoms with van der Waals surface area (Å²) in [7, 11) is 1.45. The first kappa shape index (κ1) is 16.8. The van der Waals surface area contributed by atoms with Gasteiger partial charge in [0.25, 0.3) is 0 Å². The standard InChI is InChI=1S/C18H19N3O4/c1-11-15(12(2)25-20-11)10-21-9-13(8-19-21)7-16(22)14-5-4-6-17(24-3)18(14)23/h4-6,8-9,23H,7,10H2,1-3H3. The van der Waals surface area contributed by atoms with E-state index in [4.69, 9.17) is 9.26 Å². The van der Waals surface area contributed by atoms with E-state index in [9.17, 15) is 9.90 Å². The number of aromatic hydroxyl groups is 1. The van der Waals surface area contributed by atoms with Crippen molar-refractivity contribution in [1.82, 2.24) is 14.9 Å². The van der Waals surface area contributed by atoms with Crippen molar-refractivity contribution in [3.63, 3.8) is 0 Å². The molecule has 130 valence electrons. The second-order valence-corrected chi connectivity index (χ2v) is 5.81. The maximum atomic E-state index is 12.5. The van der Waals surface area contributed by atoms with Gasteiger partial charge in [0.2, 0.25) is 0 Å². The predicted molar refractivity (Wildman–Crippen MR) is 90.0 cm³/mol. The highest BCUT2D eigenvalue weighted by Crippen LogP contribution is 2.30. The Morgan fingerprint density at radius 1 is 1.36 bits per heavy atom. The third kappa shape index (κ3) is 3.40. The van der Waals surface area contributed by atoms with Gasteiger partial charge in [-0.15, -0.1) is 0 Å². The number of hydrogen-bond acceptors (Lipinski definition) is 6. The largest absolute Gasteiger partial charge is 0.504 e. The van der Waals surface area contributed by atoms with E-state index in [0.29, 0.717) is 6.54 Å². The molecule has 3 aromatic rings. The summed E-state index contributed by atoms with van der Waals surface area (Å²) in [5, 5.41) is 18.3. The van der Waals surface area contributed by atoms with Crippen LogP contribution >= 0.6 is 0 Å². The highest BCUT2D eigenvalue weighted by atomic mass is 16.5. The Balaban J connectivity index is 1.74. The molecule has 0 radical (unpaired) electrons. The molecule has 7 nitrogen and oxygen atoms in total. The molecule has 7 heteroatoms. The number of carbonyl (C=O) groups excluding carboxylic acids is 1. The number of phenols is 1. The SMILES string of the molecule is COc1cccc(C(=O)Cc2cnn(Cc3c(C)noc3C)c2)c1O. The van der Waals surface area contributed by atoms with Gasteiger partial charge in [-0.3, -0.25) is 9.48 Å². The van der Waals surface area contributed by atoms with Gasteiger partial charge in [0.15, 0.2) is 17.3 Å². The van der Waals surface area contributed by atoms with E-state index in [1.54, 1.807) is 35.3 Å². The van der Waals surface area contributed by atoms with Gasteiger partial charge in [-0.25, -0.2) is 0 Å². The average Bonchev–Trinajstić information content (AvgIpc) is 3.16. The first-order valence-corrected chi connectivity index (χ1v) is 7.82. The first-order valence-electron chi connectivity index (χ1n) is 7.82. The lowest BCUT2D eigenvalue weighted by Gasteiger charge is -2.07. The molecule has 2 aromatic heterocycles. The van der Waals surface area contributed by atoms with Gasteiger partial charge >= 0.3 is 0 Å². The third-order valence-corrected chi connectivity index (χ3v) is 4.07. The molecule has 0 aliphatic heterocycles. The average molecular weight is 341 g/mol. The highest BCUT2D eigenvalue weighted by Gasteiger charge is 2.16. The van der Waals surface area contributed by atoms with Crippen LogP contribution in [-0.2, 0) is 13.0 Å². The number of rotatable bonds is 6. The fourth-order valence-electron chi connectivity index (χ4n) is 2.67. The fourth-order valence-corrected chi connectivity index (χ4v) is 2.67. The molecule has 0 aliphatic carbocycles. The number of methoxy groups -OCH3 is 1. The minimum atomic E-state index is -0.201. The van der Waals surface area contributed by atoms with Gasteiger partial charge in [-0.05, 0) is 31.5 Å². The van der Waals surface area contributed by atoms with Crippen LogP contribution in [0, 0.1) is 13.8 Å². The lowest BCUT2D eigenvalue weighted by Crippen LogP contribution is -2.04. The van der Waals surface area contributed by atoms with Crippen molar-refractivity contribution < 1.29 is 19.2 Å². The molecule has 0 fully saturated rings. The van der Waals surface area contributed by atoms with E-state index in [1.807, 2.05) is 13.8 Å². The molecule has 2 heterocycles. The minimum absolute atomic E-state index is 0.141. The molecule has 0 aliphatic rings. The zero-order valence-electron chi connectivity index (χ0n) is 14.3. The van der Waals surface area contributed by atoms with Gasteiger partial charge in [0, 0.05) is 18.2 Å². The minimum Gasteiger partial charge on any atom is -0.504 e. The van der Waals surface area contributed by atoms with Crippen LogP contribution in [0.4, 0.5) is 0 Å². The Labute approximate surface area is 144 Å². The van der Waals surface area contributed by atoms with Crippen molar-refractivity contribution in [2.45, 2.75) is 26.8 Å². The van der Waals surface area contributed by atoms with Gasteiger partial charge in [0.05, 0.1) is 31.1 Å². The van der Waals surface area contributed by atoms with Crippen molar-refractivity contribution >= 4 is 5.78 Å². The van der Waals surface area contributed by atoms with Crippen LogP contribution in [0.5, 0.6) is 11.5 Å². The normalized spacial score (nSPS) is 10.8. The van der Waals surface area contributed by atoms with Crippen LogP contribution in [-0.4, -0.2) is 32.9 Å². The maximum Gasteiger partial charge on any atom is 0.171 e. The summed E-state index contributed by atoms with van der Waals surface area (Å²) in [5.74, 6) is 0.693. The van der Waals surface area contributed by atoms with E-state index in [2.05, 4.69) is 10.3 Å². The number of aryl methyl sites for hydroxylation is 2. The van der Waals surface area contributed by atoms with E-state index < -0.39 is 0 Å². The van der Waals surface area contributed by atoms with Gasteiger partial charge < -0.3 is 14.4 Å². The predicted octanol–water partition coefficient (Wildman–Crippen LogP) is 2.68. The van der Waals surface area contributed by atoms with Crippen molar-refractivity contribution in [2.24, 2.45) is 0 Å². The van der Waals surface area contributed by atoms with Crippen LogP contribution in [0.1, 0.15) is 32.9 Å². The quantitative estimate of drug-likeness (QED) is 0.693. The summed E-state index contributed by atoms with van der Waals surface area (Å²) in [4.78, 5) is 12.5. The summed E-state index contributed by atoms with van der Waals surface area (Å²) >= 11 is 0. The van der Waals surface area contributed by atoms with Crippen LogP contribution in [0.15, 0.2) is 35.1 Å². The van der Waals surface area contributed by atoms with Crippen molar-refractivity contribution in [1.29, 1.82) is 0 Å². The first-order chi connectivity index (χ1) is 12.0. The Hall–Kier alpha value is -3.09. The van der Waals surface area contributed by atoms with Crippen LogP contribution in [0.25, 0.3) is 0 Å². The molecule has 0 amide bonds. The number of ketones is 1. The molecule has 0 spiro atoms. The Bertz CT molecular complexity index is 891. The molecule has 0 atom stereocenters. The summed E-state index contributed by atoms with van der Waals surface area (Å²) in [6.07, 6.45) is 3.59.